The van der Waals surface area contributed by atoms with Crippen LogP contribution in [0.15, 0.2) is 48.5 Å². The maximum atomic E-state index is 6.11. The molecule has 2 aromatic carbocycles. The third kappa shape index (κ3) is 4.68. The maximum Gasteiger partial charge on any atom is 0.173 e. The molecule has 3 rings (SSSR count). The van der Waals surface area contributed by atoms with Crippen LogP contribution in [0.5, 0.6) is 0 Å². The minimum absolute atomic E-state index is 0.593. The number of halogens is 1. The number of hydrogen-bond acceptors (Lipinski definition) is 2. The summed E-state index contributed by atoms with van der Waals surface area (Å²) in [5.41, 5.74) is 3.61. The van der Waals surface area contributed by atoms with Crippen LogP contribution in [0.2, 0.25) is 5.02 Å². The highest BCUT2D eigenvalue weighted by Crippen LogP contribution is 2.22. The van der Waals surface area contributed by atoms with Gasteiger partial charge in [0.1, 0.15) is 0 Å². The average Bonchev–Trinajstić information content (AvgIpc) is 2.68. The van der Waals surface area contributed by atoms with Crippen molar-refractivity contribution in [3.63, 3.8) is 0 Å². The van der Waals surface area contributed by atoms with Crippen LogP contribution in [0.1, 0.15) is 31.7 Å². The number of benzene rings is 2. The Balaban J connectivity index is 1.53. The lowest BCUT2D eigenvalue weighted by Crippen LogP contribution is -2.50. The summed E-state index contributed by atoms with van der Waals surface area (Å²) in [6, 6.07) is 16.7. The fraction of sp³-hybridized carbons (Fsp3) is 0.381. The second-order valence-electron chi connectivity index (χ2n) is 6.82. The molecule has 1 saturated heterocycles. The van der Waals surface area contributed by atoms with Gasteiger partial charge >= 0.3 is 0 Å². The van der Waals surface area contributed by atoms with E-state index in [1.54, 1.807) is 0 Å². The molecule has 138 valence electrons. The van der Waals surface area contributed by atoms with Crippen molar-refractivity contribution in [1.29, 1.82) is 0 Å². The van der Waals surface area contributed by atoms with Crippen molar-refractivity contribution in [3.8, 4) is 0 Å². The summed E-state index contributed by atoms with van der Waals surface area (Å²) in [7, 11) is 0. The lowest BCUT2D eigenvalue weighted by atomic mass is 9.99. The Kier molecular flexibility index (Phi) is 6.38. The van der Waals surface area contributed by atoms with Gasteiger partial charge in [-0.15, -0.1) is 0 Å². The molecule has 0 saturated carbocycles. The topological polar surface area (TPSA) is 18.5 Å². The minimum Gasteiger partial charge on any atom is -0.368 e. The number of anilines is 2. The van der Waals surface area contributed by atoms with Crippen molar-refractivity contribution in [2.45, 2.75) is 26.2 Å². The van der Waals surface area contributed by atoms with Crippen molar-refractivity contribution in [3.05, 3.63) is 59.1 Å². The standard InChI is InChI=1S/C21H26ClN3S/c1-3-16(2)17-7-9-19(10-8-17)23-21(26)25-13-11-24(12-14-25)20-6-4-5-18(22)15-20/h4-10,15-16H,3,11-14H2,1-2H3,(H,23,26). The average molecular weight is 388 g/mol. The molecule has 1 aliphatic rings. The maximum absolute atomic E-state index is 6.11. The van der Waals surface area contributed by atoms with Crippen molar-refractivity contribution in [2.75, 3.05) is 36.4 Å². The third-order valence-electron chi connectivity index (χ3n) is 5.08. The summed E-state index contributed by atoms with van der Waals surface area (Å²) in [4.78, 5) is 4.59. The molecule has 1 N–H and O–H groups in total. The van der Waals surface area contributed by atoms with E-state index in [1.807, 2.05) is 18.2 Å². The predicted octanol–water partition coefficient (Wildman–Crippen LogP) is 5.37. The zero-order chi connectivity index (χ0) is 18.5. The molecule has 0 spiro atoms. The summed E-state index contributed by atoms with van der Waals surface area (Å²) >= 11 is 11.7. The molecule has 0 bridgehead atoms. The van der Waals surface area contributed by atoms with E-state index in [1.165, 1.54) is 11.3 Å². The lowest BCUT2D eigenvalue weighted by Gasteiger charge is -2.37. The molecule has 0 aromatic heterocycles. The Morgan fingerprint density at radius 1 is 1.12 bits per heavy atom. The number of nitrogens with one attached hydrogen (secondary N) is 1. The lowest BCUT2D eigenvalue weighted by molar-refractivity contribution is 0.391. The fourth-order valence-electron chi connectivity index (χ4n) is 3.17. The zero-order valence-electron chi connectivity index (χ0n) is 15.4. The summed E-state index contributed by atoms with van der Waals surface area (Å²) < 4.78 is 0. The molecule has 1 atom stereocenters. The normalized spacial score (nSPS) is 15.7. The summed E-state index contributed by atoms with van der Waals surface area (Å²) in [5, 5.41) is 4.96. The van der Waals surface area contributed by atoms with Crippen molar-refractivity contribution in [1.82, 2.24) is 4.90 Å². The van der Waals surface area contributed by atoms with Gasteiger partial charge in [-0.05, 0) is 60.5 Å². The molecule has 0 aliphatic carbocycles. The Morgan fingerprint density at radius 2 is 1.81 bits per heavy atom. The van der Waals surface area contributed by atoms with E-state index >= 15 is 0 Å². The predicted molar refractivity (Wildman–Crippen MR) is 117 cm³/mol. The molecule has 0 radical (unpaired) electrons. The largest absolute Gasteiger partial charge is 0.368 e. The first-order chi connectivity index (χ1) is 12.6. The first-order valence-electron chi connectivity index (χ1n) is 9.23. The number of rotatable bonds is 4. The molecule has 5 heteroatoms. The molecular formula is C21H26ClN3S. The monoisotopic (exact) mass is 387 g/mol. The van der Waals surface area contributed by atoms with Gasteiger partial charge in [0.05, 0.1) is 0 Å². The highest BCUT2D eigenvalue weighted by atomic mass is 35.5. The van der Waals surface area contributed by atoms with Crippen LogP contribution in [0.4, 0.5) is 11.4 Å². The molecule has 1 aliphatic heterocycles. The van der Waals surface area contributed by atoms with Gasteiger partial charge in [0, 0.05) is 42.6 Å². The summed E-state index contributed by atoms with van der Waals surface area (Å²) in [6.07, 6.45) is 1.15. The van der Waals surface area contributed by atoms with E-state index in [0.29, 0.717) is 5.92 Å². The van der Waals surface area contributed by atoms with Crippen LogP contribution in [-0.4, -0.2) is 36.2 Å². The summed E-state index contributed by atoms with van der Waals surface area (Å²) in [5.74, 6) is 0.593. The van der Waals surface area contributed by atoms with E-state index in [2.05, 4.69) is 59.3 Å². The van der Waals surface area contributed by atoms with Crippen LogP contribution >= 0.6 is 23.8 Å². The van der Waals surface area contributed by atoms with Gasteiger partial charge < -0.3 is 15.1 Å². The van der Waals surface area contributed by atoms with Crippen molar-refractivity contribution >= 4 is 40.3 Å². The number of thiocarbonyl (C=S) groups is 1. The summed E-state index contributed by atoms with van der Waals surface area (Å²) in [6.45, 7) is 8.16. The van der Waals surface area contributed by atoms with E-state index in [9.17, 15) is 0 Å². The second kappa shape index (κ2) is 8.74. The van der Waals surface area contributed by atoms with Gasteiger partial charge in [-0.1, -0.05) is 43.6 Å². The van der Waals surface area contributed by atoms with Crippen LogP contribution in [0.25, 0.3) is 0 Å². The Bertz CT molecular complexity index is 739. The van der Waals surface area contributed by atoms with Crippen LogP contribution < -0.4 is 10.2 Å². The first kappa shape index (κ1) is 19.0. The van der Waals surface area contributed by atoms with Crippen LogP contribution in [0, 0.1) is 0 Å². The highest BCUT2D eigenvalue weighted by Gasteiger charge is 2.19. The molecule has 2 aromatic rings. The quantitative estimate of drug-likeness (QED) is 0.710. The van der Waals surface area contributed by atoms with E-state index in [4.69, 9.17) is 23.8 Å². The van der Waals surface area contributed by atoms with Gasteiger partial charge in [-0.2, -0.15) is 0 Å². The van der Waals surface area contributed by atoms with Crippen molar-refractivity contribution < 1.29 is 0 Å². The fourth-order valence-corrected chi connectivity index (χ4v) is 3.66. The van der Waals surface area contributed by atoms with Gasteiger partial charge in [0.25, 0.3) is 0 Å². The first-order valence-corrected chi connectivity index (χ1v) is 10.0. The molecule has 1 heterocycles. The SMILES string of the molecule is CCC(C)c1ccc(NC(=S)N2CCN(c3cccc(Cl)c3)CC2)cc1. The molecule has 0 amide bonds. The molecule has 26 heavy (non-hydrogen) atoms. The van der Waals surface area contributed by atoms with Crippen LogP contribution in [-0.2, 0) is 0 Å². The van der Waals surface area contributed by atoms with Crippen LogP contribution in [0.3, 0.4) is 0 Å². The van der Waals surface area contributed by atoms with E-state index in [0.717, 1.165) is 48.4 Å². The second-order valence-corrected chi connectivity index (χ2v) is 7.64. The van der Waals surface area contributed by atoms with E-state index in [-0.39, 0.29) is 0 Å². The molecule has 1 fully saturated rings. The number of nitrogens with zero attached hydrogens (tertiary/aromatic N) is 2. The zero-order valence-corrected chi connectivity index (χ0v) is 17.0. The number of hydrogen-bond donors (Lipinski definition) is 1. The third-order valence-corrected chi connectivity index (χ3v) is 5.68. The van der Waals surface area contributed by atoms with Gasteiger partial charge in [0.2, 0.25) is 0 Å². The minimum atomic E-state index is 0.593. The van der Waals surface area contributed by atoms with E-state index < -0.39 is 0 Å². The Hall–Kier alpha value is -1.78. The van der Waals surface area contributed by atoms with Gasteiger partial charge in [0.15, 0.2) is 5.11 Å². The molecule has 1 unspecified atom stereocenters. The highest BCUT2D eigenvalue weighted by molar-refractivity contribution is 7.80. The Morgan fingerprint density at radius 3 is 2.42 bits per heavy atom. The smallest absolute Gasteiger partial charge is 0.173 e. The molecular weight excluding hydrogens is 362 g/mol. The van der Waals surface area contributed by atoms with Crippen molar-refractivity contribution in [2.24, 2.45) is 0 Å². The molecule has 3 nitrogen and oxygen atoms in total. The Labute approximate surface area is 166 Å². The number of piperazine rings is 1. The van der Waals surface area contributed by atoms with Gasteiger partial charge in [-0.3, -0.25) is 0 Å². The van der Waals surface area contributed by atoms with Gasteiger partial charge in [-0.25, -0.2) is 0 Å².